The van der Waals surface area contributed by atoms with Crippen LogP contribution in [0.25, 0.3) is 0 Å². The molecule has 0 amide bonds. The van der Waals surface area contributed by atoms with Gasteiger partial charge in [-0.25, -0.2) is 23.3 Å². The summed E-state index contributed by atoms with van der Waals surface area (Å²) in [5, 5.41) is 0. The summed E-state index contributed by atoms with van der Waals surface area (Å²) in [5.74, 6) is 0. The molecule has 0 spiro atoms. The summed E-state index contributed by atoms with van der Waals surface area (Å²) in [7, 11) is 0. The predicted octanol–water partition coefficient (Wildman–Crippen LogP) is 6.03. The minimum absolute atomic E-state index is 0. The van der Waals surface area contributed by atoms with E-state index in [1.54, 1.807) is 23.3 Å². The molecule has 3 rings (SSSR count). The second kappa shape index (κ2) is 21.9. The first-order valence-electron chi connectivity index (χ1n) is 7.33. The van der Waals surface area contributed by atoms with E-state index in [1.807, 2.05) is 37.2 Å². The van der Waals surface area contributed by atoms with Crippen molar-refractivity contribution in [3.63, 3.8) is 0 Å². The Hall–Kier alpha value is -0.140. The van der Waals surface area contributed by atoms with Gasteiger partial charge >= 0.3 is 30.2 Å². The van der Waals surface area contributed by atoms with Crippen molar-refractivity contribution in [3.8, 4) is 0 Å². The minimum Gasteiger partial charge on any atom is -0.184 e. The molecule has 0 fully saturated rings. The average molecular weight is 473 g/mol. The Morgan fingerprint density at radius 3 is 1.20 bits per heavy atom. The van der Waals surface area contributed by atoms with E-state index in [0.29, 0.717) is 0 Å². The van der Waals surface area contributed by atoms with E-state index in [9.17, 15) is 0 Å². The van der Waals surface area contributed by atoms with Crippen molar-refractivity contribution in [3.05, 3.63) is 90.4 Å². The van der Waals surface area contributed by atoms with Gasteiger partial charge in [0, 0.05) is 0 Å². The monoisotopic (exact) mass is 470 g/mol. The van der Waals surface area contributed by atoms with Crippen LogP contribution < -0.4 is 0 Å². The molecule has 2 aliphatic rings. The van der Waals surface area contributed by atoms with Crippen molar-refractivity contribution in [1.29, 1.82) is 0 Å². The van der Waals surface area contributed by atoms with Crippen LogP contribution in [0.3, 0.4) is 0 Å². The van der Waals surface area contributed by atoms with Gasteiger partial charge in [0.1, 0.15) is 0 Å². The Morgan fingerprint density at radius 1 is 0.760 bits per heavy atom. The molecule has 1 aromatic carbocycles. The number of hydrogen-bond donors (Lipinski definition) is 0. The summed E-state index contributed by atoms with van der Waals surface area (Å²) < 4.78 is 0. The number of halogens is 2. The Balaban J connectivity index is -0.000000119. The van der Waals surface area contributed by atoms with E-state index < -0.39 is 0 Å². The Kier molecular flexibility index (Phi) is 28.5. The van der Waals surface area contributed by atoms with Crippen molar-refractivity contribution in [1.82, 2.24) is 0 Å². The van der Waals surface area contributed by atoms with Crippen LogP contribution >= 0.6 is 24.8 Å². The van der Waals surface area contributed by atoms with E-state index in [4.69, 9.17) is 0 Å². The molecule has 1 aromatic rings. The summed E-state index contributed by atoms with van der Waals surface area (Å²) >= 11 is 1.58. The van der Waals surface area contributed by atoms with Crippen molar-refractivity contribution in [2.75, 3.05) is 0 Å². The van der Waals surface area contributed by atoms with Gasteiger partial charge in [0.25, 0.3) is 0 Å². The van der Waals surface area contributed by atoms with Gasteiger partial charge < -0.3 is 7.43 Å². The summed E-state index contributed by atoms with van der Waals surface area (Å²) in [6.07, 6.45) is 12.4. The molecule has 0 aliphatic heterocycles. The van der Waals surface area contributed by atoms with Gasteiger partial charge in [-0.05, 0) is 0 Å². The van der Waals surface area contributed by atoms with Crippen LogP contribution in [-0.2, 0) is 23.3 Å². The Bertz CT molecular complexity index is 486. The van der Waals surface area contributed by atoms with E-state index in [1.165, 1.54) is 22.3 Å². The molecular weight excluding hydrogens is 442 g/mol. The van der Waals surface area contributed by atoms with Gasteiger partial charge in [0.15, 0.2) is 0 Å². The standard InChI is InChI=1S/2C7H9.C6H5.CH3.2ClH.H2Si.Zr/c2*1-6-4-3-5-7(6)2;1-2-4-6-5-3-1;;;;;/h2*4H,5H2,1-2H3;1-5H;1H3;2*1H;1H2;/q4*-1;;;;. The fourth-order valence-corrected chi connectivity index (χ4v) is 1.58. The average Bonchev–Trinajstić information content (AvgIpc) is 3.13. The first-order chi connectivity index (χ1) is 10.6. The fraction of sp³-hybridized carbons (Fsp3) is 0.286. The van der Waals surface area contributed by atoms with Crippen molar-refractivity contribution in [2.24, 2.45) is 0 Å². The van der Waals surface area contributed by atoms with Crippen molar-refractivity contribution in [2.45, 2.75) is 40.5 Å². The van der Waals surface area contributed by atoms with Gasteiger partial charge in [-0.1, -0.05) is 13.8 Å². The zero-order chi connectivity index (χ0) is 16.8. The van der Waals surface area contributed by atoms with Crippen LogP contribution in [0.4, 0.5) is 0 Å². The Labute approximate surface area is 185 Å². The normalized spacial score (nSPS) is 12.8. The first-order valence-corrected chi connectivity index (χ1v) is 13.3. The van der Waals surface area contributed by atoms with Crippen LogP contribution in [0.15, 0.2) is 64.8 Å². The second-order valence-corrected chi connectivity index (χ2v) is 5.05. The molecule has 0 heterocycles. The molecule has 0 saturated carbocycles. The second-order valence-electron chi connectivity index (χ2n) is 5.05. The molecule has 0 aromatic heterocycles. The van der Waals surface area contributed by atoms with E-state index in [-0.39, 0.29) is 32.2 Å². The predicted molar refractivity (Wildman–Crippen MR) is 116 cm³/mol. The molecule has 0 nitrogen and oxygen atoms in total. The number of benzene rings is 1. The molecule has 0 atom stereocenters. The van der Waals surface area contributed by atoms with Crippen LogP contribution in [0.5, 0.6) is 0 Å². The third-order valence-electron chi connectivity index (χ3n) is 3.33. The molecule has 0 radical (unpaired) electrons. The summed E-state index contributed by atoms with van der Waals surface area (Å²) in [6, 6.07) is 12.5. The molecule has 4 heteroatoms. The molecular formula is C21H30Cl2SiZr-4. The SMILES string of the molecule is CC1=C(C)C[C-]=C1.CC1=C(C)C[C-]=C1.Cl.Cl.[CH3-].[SiH2]=[Zr].[c-]1ccccc1. The third-order valence-corrected chi connectivity index (χ3v) is 3.33. The van der Waals surface area contributed by atoms with Gasteiger partial charge in [-0.2, -0.15) is 47.5 Å². The maximum atomic E-state index is 3.12. The van der Waals surface area contributed by atoms with Crippen LogP contribution in [0, 0.1) is 25.6 Å². The summed E-state index contributed by atoms with van der Waals surface area (Å²) in [4.78, 5) is 0. The molecule has 0 saturated heterocycles. The minimum atomic E-state index is 0. The summed E-state index contributed by atoms with van der Waals surface area (Å²) in [6.45, 7) is 10.5. The third kappa shape index (κ3) is 17.0. The maximum absolute atomic E-state index is 3.12. The van der Waals surface area contributed by atoms with Gasteiger partial charge in [-0.3, -0.25) is 12.2 Å². The first kappa shape index (κ1) is 32.5. The van der Waals surface area contributed by atoms with E-state index in [2.05, 4.69) is 58.1 Å². The van der Waals surface area contributed by atoms with Gasteiger partial charge in [0.05, 0.1) is 0 Å². The molecule has 2 aliphatic carbocycles. The van der Waals surface area contributed by atoms with Crippen LogP contribution in [0.1, 0.15) is 40.5 Å². The van der Waals surface area contributed by atoms with Gasteiger partial charge in [0.2, 0.25) is 0 Å². The molecule has 25 heavy (non-hydrogen) atoms. The largest absolute Gasteiger partial charge is 0.184 e. The fourth-order valence-electron chi connectivity index (χ4n) is 1.58. The zero-order valence-electron chi connectivity index (χ0n) is 16.0. The Morgan fingerprint density at radius 2 is 1.12 bits per heavy atom. The molecule has 0 bridgehead atoms. The number of hydrogen-bond acceptors (Lipinski definition) is 0. The van der Waals surface area contributed by atoms with Gasteiger partial charge in [-0.15, -0.1) is 51.5 Å². The number of allylic oxidation sites excluding steroid dienone is 8. The zero-order valence-corrected chi connectivity index (χ0v) is 21.5. The van der Waals surface area contributed by atoms with E-state index in [0.717, 1.165) is 12.8 Å². The van der Waals surface area contributed by atoms with Crippen LogP contribution in [-0.4, -0.2) is 6.88 Å². The quantitative estimate of drug-likeness (QED) is 0.319. The van der Waals surface area contributed by atoms with E-state index >= 15 is 0 Å². The molecule has 0 unspecified atom stereocenters. The van der Waals surface area contributed by atoms with Crippen LogP contribution in [0.2, 0.25) is 0 Å². The topological polar surface area (TPSA) is 0 Å². The van der Waals surface area contributed by atoms with Crippen molar-refractivity contribution >= 4 is 31.7 Å². The number of rotatable bonds is 0. The summed E-state index contributed by atoms with van der Waals surface area (Å²) in [5.41, 5.74) is 5.69. The molecule has 140 valence electrons. The van der Waals surface area contributed by atoms with Crippen molar-refractivity contribution < 1.29 is 23.3 Å². The maximum Gasteiger partial charge on any atom is -0.171 e. The smallest absolute Gasteiger partial charge is 0.171 e. The molecule has 0 N–H and O–H groups in total.